The number of ether oxygens (including phenoxy) is 2. The van der Waals surface area contributed by atoms with E-state index < -0.39 is 0 Å². The minimum atomic E-state index is 0.456. The lowest BCUT2D eigenvalue weighted by Crippen LogP contribution is -2.83. The monoisotopic (exact) mass is 376 g/mol. The maximum atomic E-state index is 5.65. The van der Waals surface area contributed by atoms with E-state index >= 15 is 0 Å². The van der Waals surface area contributed by atoms with Crippen molar-refractivity contribution in [2.75, 3.05) is 20.3 Å². The lowest BCUT2D eigenvalue weighted by atomic mass is 10.1. The molecule has 2 N–H and O–H groups in total. The second-order valence-corrected chi connectivity index (χ2v) is 6.08. The van der Waals surface area contributed by atoms with E-state index in [0.29, 0.717) is 6.61 Å². The van der Waals surface area contributed by atoms with E-state index in [2.05, 4.69) is 58.2 Å². The van der Waals surface area contributed by atoms with Gasteiger partial charge >= 0.3 is 0 Å². The SMILES string of the molecule is C=CCOc1c(Br)cc(C[NH2+]CCc2ccccc2)cc1OC. The van der Waals surface area contributed by atoms with Crippen LogP contribution < -0.4 is 14.8 Å². The lowest BCUT2D eigenvalue weighted by molar-refractivity contribution is -0.670. The summed E-state index contributed by atoms with van der Waals surface area (Å²) in [5.41, 5.74) is 2.57. The summed E-state index contributed by atoms with van der Waals surface area (Å²) in [5, 5.41) is 2.30. The molecule has 0 aliphatic rings. The molecule has 0 saturated heterocycles. The van der Waals surface area contributed by atoms with Gasteiger partial charge < -0.3 is 14.8 Å². The molecule has 23 heavy (non-hydrogen) atoms. The van der Waals surface area contributed by atoms with Crippen molar-refractivity contribution in [1.82, 2.24) is 0 Å². The highest BCUT2D eigenvalue weighted by molar-refractivity contribution is 9.10. The molecule has 4 heteroatoms. The number of rotatable bonds is 9. The molecule has 0 fully saturated rings. The Hall–Kier alpha value is -1.78. The van der Waals surface area contributed by atoms with Gasteiger partial charge in [-0.05, 0) is 33.6 Å². The zero-order valence-corrected chi connectivity index (χ0v) is 15.0. The van der Waals surface area contributed by atoms with E-state index in [-0.39, 0.29) is 0 Å². The van der Waals surface area contributed by atoms with Gasteiger partial charge in [0.15, 0.2) is 11.5 Å². The highest BCUT2D eigenvalue weighted by Gasteiger charge is 2.12. The van der Waals surface area contributed by atoms with E-state index in [4.69, 9.17) is 9.47 Å². The van der Waals surface area contributed by atoms with Gasteiger partial charge in [-0.2, -0.15) is 0 Å². The van der Waals surface area contributed by atoms with Crippen molar-refractivity contribution in [1.29, 1.82) is 0 Å². The van der Waals surface area contributed by atoms with Crippen LogP contribution in [0.25, 0.3) is 0 Å². The van der Waals surface area contributed by atoms with Crippen LogP contribution in [0, 0.1) is 0 Å². The van der Waals surface area contributed by atoms with Gasteiger partial charge in [0.1, 0.15) is 13.2 Å². The highest BCUT2D eigenvalue weighted by atomic mass is 79.9. The van der Waals surface area contributed by atoms with Crippen LogP contribution in [0.3, 0.4) is 0 Å². The van der Waals surface area contributed by atoms with Crippen LogP contribution in [-0.4, -0.2) is 20.3 Å². The first kappa shape index (κ1) is 17.6. The van der Waals surface area contributed by atoms with Gasteiger partial charge in [0, 0.05) is 12.0 Å². The molecule has 122 valence electrons. The van der Waals surface area contributed by atoms with Gasteiger partial charge in [-0.25, -0.2) is 0 Å². The number of quaternary nitrogens is 1. The third-order valence-electron chi connectivity index (χ3n) is 3.49. The summed E-state index contributed by atoms with van der Waals surface area (Å²) in [7, 11) is 1.66. The molecule has 0 atom stereocenters. The predicted octanol–water partition coefficient (Wildman–Crippen LogP) is 3.33. The normalized spacial score (nSPS) is 10.3. The fourth-order valence-electron chi connectivity index (χ4n) is 2.36. The molecule has 0 heterocycles. The minimum absolute atomic E-state index is 0.456. The van der Waals surface area contributed by atoms with E-state index in [0.717, 1.165) is 35.5 Å². The molecule has 0 spiro atoms. The molecule has 0 radical (unpaired) electrons. The Bertz CT molecular complexity index is 629. The number of hydrogen-bond donors (Lipinski definition) is 1. The topological polar surface area (TPSA) is 35.1 Å². The van der Waals surface area contributed by atoms with Gasteiger partial charge in [0.05, 0.1) is 18.1 Å². The van der Waals surface area contributed by atoms with Crippen LogP contribution in [0.5, 0.6) is 11.5 Å². The summed E-state index contributed by atoms with van der Waals surface area (Å²) in [4.78, 5) is 0. The minimum Gasteiger partial charge on any atom is -0.493 e. The van der Waals surface area contributed by atoms with Crippen molar-refractivity contribution in [2.45, 2.75) is 13.0 Å². The van der Waals surface area contributed by atoms with Crippen LogP contribution in [-0.2, 0) is 13.0 Å². The molecule has 0 saturated carbocycles. The maximum Gasteiger partial charge on any atom is 0.175 e. The Morgan fingerprint density at radius 2 is 1.96 bits per heavy atom. The van der Waals surface area contributed by atoms with Gasteiger partial charge in [0.25, 0.3) is 0 Å². The Balaban J connectivity index is 1.92. The lowest BCUT2D eigenvalue weighted by Gasteiger charge is -2.13. The average Bonchev–Trinajstić information content (AvgIpc) is 2.58. The average molecular weight is 377 g/mol. The molecule has 0 bridgehead atoms. The van der Waals surface area contributed by atoms with Gasteiger partial charge in [0.2, 0.25) is 0 Å². The number of methoxy groups -OCH3 is 1. The van der Waals surface area contributed by atoms with Gasteiger partial charge in [-0.15, -0.1) is 0 Å². The molecule has 2 aromatic rings. The molecular weight excluding hydrogens is 354 g/mol. The second kappa shape index (κ2) is 9.38. The van der Waals surface area contributed by atoms with Crippen molar-refractivity contribution in [3.8, 4) is 11.5 Å². The summed E-state index contributed by atoms with van der Waals surface area (Å²) in [6.07, 6.45) is 2.79. The Labute approximate surface area is 146 Å². The summed E-state index contributed by atoms with van der Waals surface area (Å²) in [6, 6.07) is 14.7. The zero-order chi connectivity index (χ0) is 16.5. The Morgan fingerprint density at radius 1 is 1.17 bits per heavy atom. The summed E-state index contributed by atoms with van der Waals surface area (Å²) < 4.78 is 12.0. The van der Waals surface area contributed by atoms with Crippen molar-refractivity contribution in [2.24, 2.45) is 0 Å². The van der Waals surface area contributed by atoms with Crippen LogP contribution in [0.15, 0.2) is 59.6 Å². The first-order valence-electron chi connectivity index (χ1n) is 7.70. The molecular formula is C19H23BrNO2+. The van der Waals surface area contributed by atoms with Crippen LogP contribution in [0.4, 0.5) is 0 Å². The molecule has 0 unspecified atom stereocenters. The summed E-state index contributed by atoms with van der Waals surface area (Å²) in [5.74, 6) is 1.47. The van der Waals surface area contributed by atoms with Crippen LogP contribution >= 0.6 is 15.9 Å². The largest absolute Gasteiger partial charge is 0.493 e. The zero-order valence-electron chi connectivity index (χ0n) is 13.4. The van der Waals surface area contributed by atoms with Gasteiger partial charge in [-0.3, -0.25) is 0 Å². The van der Waals surface area contributed by atoms with E-state index in [9.17, 15) is 0 Å². The van der Waals surface area contributed by atoms with E-state index in [1.165, 1.54) is 11.1 Å². The van der Waals surface area contributed by atoms with Crippen molar-refractivity contribution in [3.63, 3.8) is 0 Å². The number of halogens is 1. The Morgan fingerprint density at radius 3 is 2.65 bits per heavy atom. The Kier molecular flexibility index (Phi) is 7.17. The molecule has 0 amide bonds. The third-order valence-corrected chi connectivity index (χ3v) is 4.08. The smallest absolute Gasteiger partial charge is 0.175 e. The summed E-state index contributed by atoms with van der Waals surface area (Å²) in [6.45, 7) is 6.08. The molecule has 0 aliphatic carbocycles. The van der Waals surface area contributed by atoms with E-state index in [1.807, 2.05) is 12.1 Å². The second-order valence-electron chi connectivity index (χ2n) is 5.23. The van der Waals surface area contributed by atoms with Crippen LogP contribution in [0.2, 0.25) is 0 Å². The molecule has 2 aromatic carbocycles. The standard InChI is InChI=1S/C19H22BrNO2/c1-3-11-23-19-17(20)12-16(13-18(19)22-2)14-21-10-9-15-7-5-4-6-8-15/h3-8,12-13,21H,1,9-11,14H2,2H3/p+1. The molecule has 0 aromatic heterocycles. The third kappa shape index (κ3) is 5.41. The fourth-order valence-corrected chi connectivity index (χ4v) is 2.96. The quantitative estimate of drug-likeness (QED) is 0.538. The highest BCUT2D eigenvalue weighted by Crippen LogP contribution is 2.36. The number of hydrogen-bond acceptors (Lipinski definition) is 2. The fraction of sp³-hybridized carbons (Fsp3) is 0.263. The van der Waals surface area contributed by atoms with Crippen LogP contribution in [0.1, 0.15) is 11.1 Å². The van der Waals surface area contributed by atoms with Crippen molar-refractivity contribution in [3.05, 3.63) is 70.7 Å². The molecule has 0 aliphatic heterocycles. The van der Waals surface area contributed by atoms with E-state index in [1.54, 1.807) is 13.2 Å². The molecule has 3 nitrogen and oxygen atoms in total. The maximum absolute atomic E-state index is 5.65. The number of nitrogens with two attached hydrogens (primary N) is 1. The van der Waals surface area contributed by atoms with Crippen molar-refractivity contribution < 1.29 is 14.8 Å². The first-order valence-corrected chi connectivity index (χ1v) is 8.49. The van der Waals surface area contributed by atoms with Gasteiger partial charge in [-0.1, -0.05) is 43.0 Å². The predicted molar refractivity (Wildman–Crippen MR) is 97.0 cm³/mol. The van der Waals surface area contributed by atoms with Crippen molar-refractivity contribution >= 4 is 15.9 Å². The number of benzene rings is 2. The summed E-state index contributed by atoms with van der Waals surface area (Å²) >= 11 is 3.56. The molecule has 2 rings (SSSR count). The first-order chi connectivity index (χ1) is 11.2.